The van der Waals surface area contributed by atoms with Gasteiger partial charge in [-0.05, 0) is 56.6 Å². The summed E-state index contributed by atoms with van der Waals surface area (Å²) in [7, 11) is 3.50. The molecule has 28 heavy (non-hydrogen) atoms. The van der Waals surface area contributed by atoms with Crippen molar-refractivity contribution < 1.29 is 14.3 Å². The lowest BCUT2D eigenvalue weighted by molar-refractivity contribution is -0.132. The van der Waals surface area contributed by atoms with Crippen LogP contribution in [0.5, 0.6) is 5.75 Å². The van der Waals surface area contributed by atoms with Crippen molar-refractivity contribution >= 4 is 34.9 Å². The summed E-state index contributed by atoms with van der Waals surface area (Å²) in [6.07, 6.45) is 1.22. The van der Waals surface area contributed by atoms with Gasteiger partial charge in [0.1, 0.15) is 11.3 Å². The predicted octanol–water partition coefficient (Wildman–Crippen LogP) is 3.74. The smallest absolute Gasteiger partial charge is 0.326 e. The first-order valence-electron chi connectivity index (χ1n) is 9.00. The molecule has 6 nitrogen and oxygen atoms in total. The van der Waals surface area contributed by atoms with Crippen molar-refractivity contribution in [2.45, 2.75) is 31.8 Å². The maximum absolute atomic E-state index is 12.9. The highest BCUT2D eigenvalue weighted by atomic mass is 35.5. The summed E-state index contributed by atoms with van der Waals surface area (Å²) >= 11 is 7.46. The molecule has 1 aromatic carbocycles. The number of benzene rings is 1. The molecule has 2 heterocycles. The first-order chi connectivity index (χ1) is 13.3. The molecule has 1 N–H and O–H groups in total. The van der Waals surface area contributed by atoms with Crippen LogP contribution in [0.4, 0.5) is 4.79 Å². The maximum Gasteiger partial charge on any atom is 0.326 e. The highest BCUT2D eigenvalue weighted by Crippen LogP contribution is 2.25. The third-order valence-electron chi connectivity index (χ3n) is 4.86. The average molecular weight is 422 g/mol. The molecule has 0 bridgehead atoms. The van der Waals surface area contributed by atoms with Crippen molar-refractivity contribution in [2.75, 3.05) is 20.8 Å². The van der Waals surface area contributed by atoms with Gasteiger partial charge in [-0.2, -0.15) is 0 Å². The fraction of sp³-hybridized carbons (Fsp3) is 0.400. The minimum atomic E-state index is -0.899. The van der Waals surface area contributed by atoms with E-state index in [0.29, 0.717) is 19.4 Å². The Morgan fingerprint density at radius 1 is 1.21 bits per heavy atom. The summed E-state index contributed by atoms with van der Waals surface area (Å²) in [5, 5.41) is 2.86. The summed E-state index contributed by atoms with van der Waals surface area (Å²) in [4.78, 5) is 29.6. The molecular formula is C20H24ClN3O3S. The minimum absolute atomic E-state index is 0.193. The fourth-order valence-corrected chi connectivity index (χ4v) is 4.39. The van der Waals surface area contributed by atoms with Crippen molar-refractivity contribution in [2.24, 2.45) is 0 Å². The number of nitrogens with zero attached hydrogens (tertiary/aromatic N) is 2. The van der Waals surface area contributed by atoms with Gasteiger partial charge in [0.15, 0.2) is 0 Å². The molecule has 3 amide bonds. The Labute approximate surface area is 174 Å². The normalized spacial score (nSPS) is 19.4. The average Bonchev–Trinajstić information content (AvgIpc) is 3.16. The van der Waals surface area contributed by atoms with Crippen LogP contribution in [0, 0.1) is 0 Å². The third-order valence-corrected chi connectivity index (χ3v) is 6.07. The van der Waals surface area contributed by atoms with Crippen molar-refractivity contribution in [3.63, 3.8) is 0 Å². The molecule has 1 fully saturated rings. The molecule has 0 saturated carbocycles. The van der Waals surface area contributed by atoms with Gasteiger partial charge in [0.05, 0.1) is 18.1 Å². The van der Waals surface area contributed by atoms with Gasteiger partial charge in [0, 0.05) is 11.4 Å². The number of hydrogen-bond acceptors (Lipinski definition) is 5. The molecule has 0 spiro atoms. The van der Waals surface area contributed by atoms with Crippen LogP contribution in [0.2, 0.25) is 4.34 Å². The van der Waals surface area contributed by atoms with E-state index in [-0.39, 0.29) is 18.6 Å². The van der Waals surface area contributed by atoms with E-state index >= 15 is 0 Å². The Morgan fingerprint density at radius 2 is 1.93 bits per heavy atom. The Kier molecular flexibility index (Phi) is 6.27. The number of nitrogens with one attached hydrogen (secondary N) is 1. The number of rotatable bonds is 8. The molecule has 1 aromatic heterocycles. The number of methoxy groups -OCH3 is 1. The Bertz CT molecular complexity index is 855. The quantitative estimate of drug-likeness (QED) is 0.659. The summed E-state index contributed by atoms with van der Waals surface area (Å²) in [5.74, 6) is 0.600. The number of carbonyl (C=O) groups excluding carboxylic acids is 2. The van der Waals surface area contributed by atoms with Crippen LogP contribution < -0.4 is 10.1 Å². The van der Waals surface area contributed by atoms with Gasteiger partial charge in [0.2, 0.25) is 0 Å². The standard InChI is InChI=1S/C20H24ClN3O3S/c1-20(11-10-14-4-6-15(27-3)7-5-14)18(25)24(19(26)22-20)13-23(2)12-16-8-9-17(21)28-16/h4-9H,10-13H2,1-3H3,(H,22,26)/t20-/m0/s1. The number of carbonyl (C=O) groups is 2. The van der Waals surface area contributed by atoms with Crippen LogP contribution in [0.15, 0.2) is 36.4 Å². The second kappa shape index (κ2) is 8.51. The Morgan fingerprint density at radius 3 is 2.54 bits per heavy atom. The summed E-state index contributed by atoms with van der Waals surface area (Å²) < 4.78 is 5.89. The van der Waals surface area contributed by atoms with Crippen molar-refractivity contribution in [3.8, 4) is 5.75 Å². The first kappa shape index (κ1) is 20.6. The van der Waals surface area contributed by atoms with Crippen molar-refractivity contribution in [3.05, 3.63) is 51.2 Å². The van der Waals surface area contributed by atoms with Crippen molar-refractivity contribution in [1.29, 1.82) is 0 Å². The number of hydrogen-bond donors (Lipinski definition) is 1. The second-order valence-corrected chi connectivity index (χ2v) is 9.00. The third kappa shape index (κ3) is 4.66. The van der Waals surface area contributed by atoms with Crippen LogP contribution in [-0.2, 0) is 17.8 Å². The number of imide groups is 1. The van der Waals surface area contributed by atoms with Crippen LogP contribution in [0.25, 0.3) is 0 Å². The number of amides is 3. The van der Waals surface area contributed by atoms with Gasteiger partial charge in [0.25, 0.3) is 5.91 Å². The first-order valence-corrected chi connectivity index (χ1v) is 10.2. The monoisotopic (exact) mass is 421 g/mol. The van der Waals surface area contributed by atoms with Crippen LogP contribution in [0.3, 0.4) is 0 Å². The van der Waals surface area contributed by atoms with Gasteiger partial charge in [-0.15, -0.1) is 11.3 Å². The maximum atomic E-state index is 12.9. The number of aryl methyl sites for hydroxylation is 1. The number of halogens is 1. The molecular weight excluding hydrogens is 398 g/mol. The zero-order valence-electron chi connectivity index (χ0n) is 16.2. The molecule has 0 aliphatic carbocycles. The molecule has 150 valence electrons. The fourth-order valence-electron chi connectivity index (χ4n) is 3.23. The zero-order chi connectivity index (χ0) is 20.3. The second-order valence-electron chi connectivity index (χ2n) is 7.20. The Balaban J connectivity index is 1.59. The van der Waals surface area contributed by atoms with Crippen molar-refractivity contribution in [1.82, 2.24) is 15.1 Å². The number of urea groups is 1. The molecule has 8 heteroatoms. The predicted molar refractivity (Wildman–Crippen MR) is 111 cm³/mol. The van der Waals surface area contributed by atoms with E-state index in [1.807, 2.05) is 48.3 Å². The number of ether oxygens (including phenoxy) is 1. The molecule has 1 aliphatic heterocycles. The summed E-state index contributed by atoms with van der Waals surface area (Å²) in [6.45, 7) is 2.64. The number of thiophene rings is 1. The molecule has 0 radical (unpaired) electrons. The van der Waals surface area contributed by atoms with Gasteiger partial charge < -0.3 is 10.1 Å². The minimum Gasteiger partial charge on any atom is -0.497 e. The topological polar surface area (TPSA) is 61.9 Å². The van der Waals surface area contributed by atoms with E-state index in [1.54, 1.807) is 14.0 Å². The van der Waals surface area contributed by atoms with E-state index in [4.69, 9.17) is 16.3 Å². The van der Waals surface area contributed by atoms with Crippen LogP contribution in [0.1, 0.15) is 23.8 Å². The molecule has 0 unspecified atom stereocenters. The molecule has 1 aliphatic rings. The van der Waals surface area contributed by atoms with Gasteiger partial charge in [-0.3, -0.25) is 9.69 Å². The van der Waals surface area contributed by atoms with E-state index in [9.17, 15) is 9.59 Å². The Hall–Kier alpha value is -2.09. The van der Waals surface area contributed by atoms with E-state index in [1.165, 1.54) is 16.2 Å². The lowest BCUT2D eigenvalue weighted by Crippen LogP contribution is -2.45. The summed E-state index contributed by atoms with van der Waals surface area (Å²) in [6, 6.07) is 11.2. The van der Waals surface area contributed by atoms with Gasteiger partial charge in [-0.25, -0.2) is 9.69 Å². The highest BCUT2D eigenvalue weighted by molar-refractivity contribution is 7.16. The lowest BCUT2D eigenvalue weighted by Gasteiger charge is -2.24. The highest BCUT2D eigenvalue weighted by Gasteiger charge is 2.47. The molecule has 1 saturated heterocycles. The van der Waals surface area contributed by atoms with Crippen LogP contribution in [-0.4, -0.2) is 48.1 Å². The lowest BCUT2D eigenvalue weighted by atomic mass is 9.93. The van der Waals surface area contributed by atoms with E-state index < -0.39 is 5.54 Å². The van der Waals surface area contributed by atoms with E-state index in [0.717, 1.165) is 20.5 Å². The van der Waals surface area contributed by atoms with Crippen LogP contribution >= 0.6 is 22.9 Å². The molecule has 3 rings (SSSR count). The largest absolute Gasteiger partial charge is 0.497 e. The zero-order valence-corrected chi connectivity index (χ0v) is 17.8. The van der Waals surface area contributed by atoms with E-state index in [2.05, 4.69) is 5.32 Å². The van der Waals surface area contributed by atoms with Gasteiger partial charge in [-0.1, -0.05) is 23.7 Å². The van der Waals surface area contributed by atoms with Gasteiger partial charge >= 0.3 is 6.03 Å². The summed E-state index contributed by atoms with van der Waals surface area (Å²) in [5.41, 5.74) is 0.193. The molecule has 2 aromatic rings. The molecule has 1 atom stereocenters. The SMILES string of the molecule is COc1ccc(CC[C@]2(C)NC(=O)N(CN(C)Cc3ccc(Cl)s3)C2=O)cc1.